The maximum absolute atomic E-state index is 12.4. The number of nitrogens with zero attached hydrogens (tertiary/aromatic N) is 1. The summed E-state index contributed by atoms with van der Waals surface area (Å²) in [6.45, 7) is 3.91. The van der Waals surface area contributed by atoms with Crippen LogP contribution in [0.25, 0.3) is 0 Å². The van der Waals surface area contributed by atoms with Crippen molar-refractivity contribution >= 4 is 28.3 Å². The van der Waals surface area contributed by atoms with Crippen LogP contribution in [0.15, 0.2) is 23.6 Å². The molecule has 2 aromatic rings. The van der Waals surface area contributed by atoms with Crippen LogP contribution in [0, 0.1) is 0 Å². The summed E-state index contributed by atoms with van der Waals surface area (Å²) >= 11 is 1.19. The monoisotopic (exact) mass is 363 g/mol. The summed E-state index contributed by atoms with van der Waals surface area (Å²) in [7, 11) is 3.03. The van der Waals surface area contributed by atoms with E-state index < -0.39 is 0 Å². The third-order valence-electron chi connectivity index (χ3n) is 3.56. The molecule has 1 atom stereocenters. The molecule has 134 valence electrons. The van der Waals surface area contributed by atoms with Gasteiger partial charge in [0.05, 0.1) is 14.2 Å². The highest BCUT2D eigenvalue weighted by Crippen LogP contribution is 2.24. The standard InChI is InChI=1S/C17H21N3O4S/c1-5-10(2)18-16(22)14-9-25-17(19-14)20-15(21)11-6-12(23-3)8-13(7-11)24-4/h6-10H,5H2,1-4H3,(H,18,22)(H,19,20,21). The predicted octanol–water partition coefficient (Wildman–Crippen LogP) is 2.94. The van der Waals surface area contributed by atoms with Gasteiger partial charge >= 0.3 is 0 Å². The molecule has 0 aliphatic rings. The second kappa shape index (κ2) is 8.48. The van der Waals surface area contributed by atoms with Gasteiger partial charge in [-0.25, -0.2) is 4.98 Å². The lowest BCUT2D eigenvalue weighted by molar-refractivity contribution is 0.0933. The topological polar surface area (TPSA) is 89.6 Å². The van der Waals surface area contributed by atoms with Gasteiger partial charge in [0, 0.05) is 23.1 Å². The third-order valence-corrected chi connectivity index (χ3v) is 4.32. The van der Waals surface area contributed by atoms with Gasteiger partial charge < -0.3 is 14.8 Å². The Bertz CT molecular complexity index is 738. The van der Waals surface area contributed by atoms with Crippen molar-refractivity contribution in [1.29, 1.82) is 0 Å². The van der Waals surface area contributed by atoms with Crippen LogP contribution in [0.5, 0.6) is 11.5 Å². The van der Waals surface area contributed by atoms with Gasteiger partial charge in [-0.15, -0.1) is 11.3 Å². The van der Waals surface area contributed by atoms with Gasteiger partial charge in [-0.2, -0.15) is 0 Å². The molecule has 25 heavy (non-hydrogen) atoms. The largest absolute Gasteiger partial charge is 0.497 e. The second-order valence-corrected chi connectivity index (χ2v) is 6.23. The van der Waals surface area contributed by atoms with Gasteiger partial charge in [-0.3, -0.25) is 14.9 Å². The first-order valence-corrected chi connectivity index (χ1v) is 8.65. The summed E-state index contributed by atoms with van der Waals surface area (Å²) in [6, 6.07) is 4.94. The SMILES string of the molecule is CCC(C)NC(=O)c1csc(NC(=O)c2cc(OC)cc(OC)c2)n1. The molecule has 0 fully saturated rings. The highest BCUT2D eigenvalue weighted by molar-refractivity contribution is 7.14. The number of aromatic nitrogens is 1. The second-order valence-electron chi connectivity index (χ2n) is 5.38. The number of carbonyl (C=O) groups is 2. The normalized spacial score (nSPS) is 11.5. The number of carbonyl (C=O) groups excluding carboxylic acids is 2. The van der Waals surface area contributed by atoms with Crippen molar-refractivity contribution in [2.75, 3.05) is 19.5 Å². The van der Waals surface area contributed by atoms with E-state index in [2.05, 4.69) is 15.6 Å². The van der Waals surface area contributed by atoms with E-state index in [9.17, 15) is 9.59 Å². The summed E-state index contributed by atoms with van der Waals surface area (Å²) in [5.74, 6) is 0.407. The van der Waals surface area contributed by atoms with Crippen LogP contribution in [0.4, 0.5) is 5.13 Å². The van der Waals surface area contributed by atoms with Gasteiger partial charge in [0.25, 0.3) is 11.8 Å². The molecule has 0 aliphatic heterocycles. The maximum atomic E-state index is 12.4. The Balaban J connectivity index is 2.10. The van der Waals surface area contributed by atoms with Gasteiger partial charge in [0.2, 0.25) is 0 Å². The summed E-state index contributed by atoms with van der Waals surface area (Å²) in [5.41, 5.74) is 0.654. The van der Waals surface area contributed by atoms with Crippen molar-refractivity contribution in [3.05, 3.63) is 34.8 Å². The van der Waals surface area contributed by atoms with E-state index in [0.29, 0.717) is 22.2 Å². The van der Waals surface area contributed by atoms with Gasteiger partial charge in [0.1, 0.15) is 17.2 Å². The molecular formula is C17H21N3O4S. The maximum Gasteiger partial charge on any atom is 0.271 e. The first kappa shape index (κ1) is 18.7. The zero-order chi connectivity index (χ0) is 18.4. The summed E-state index contributed by atoms with van der Waals surface area (Å²) in [4.78, 5) is 28.6. The Morgan fingerprint density at radius 2 is 1.80 bits per heavy atom. The van der Waals surface area contributed by atoms with Crippen molar-refractivity contribution in [1.82, 2.24) is 10.3 Å². The van der Waals surface area contributed by atoms with Crippen molar-refractivity contribution in [3.8, 4) is 11.5 Å². The fraction of sp³-hybridized carbons (Fsp3) is 0.353. The number of anilines is 1. The molecule has 2 N–H and O–H groups in total. The Morgan fingerprint density at radius 1 is 1.16 bits per heavy atom. The van der Waals surface area contributed by atoms with Crippen LogP contribution in [0.1, 0.15) is 41.1 Å². The first-order valence-electron chi connectivity index (χ1n) is 7.77. The number of methoxy groups -OCH3 is 2. The molecule has 0 radical (unpaired) electrons. The van der Waals surface area contributed by atoms with Crippen molar-refractivity contribution in [2.45, 2.75) is 26.3 Å². The molecule has 2 amide bonds. The molecule has 1 aromatic carbocycles. The van der Waals surface area contributed by atoms with Crippen molar-refractivity contribution < 1.29 is 19.1 Å². The molecule has 8 heteroatoms. The molecule has 1 aromatic heterocycles. The molecule has 7 nitrogen and oxygen atoms in total. The van der Waals surface area contributed by atoms with Gasteiger partial charge in [-0.05, 0) is 25.5 Å². The summed E-state index contributed by atoms with van der Waals surface area (Å²) < 4.78 is 10.3. The predicted molar refractivity (Wildman–Crippen MR) is 96.8 cm³/mol. The number of thiazole rings is 1. The molecule has 0 aliphatic carbocycles. The van der Waals surface area contributed by atoms with Crippen LogP contribution in [-0.2, 0) is 0 Å². The lowest BCUT2D eigenvalue weighted by Crippen LogP contribution is -2.32. The van der Waals surface area contributed by atoms with Crippen LogP contribution < -0.4 is 20.1 Å². The van der Waals surface area contributed by atoms with E-state index in [1.807, 2.05) is 13.8 Å². The van der Waals surface area contributed by atoms with Crippen molar-refractivity contribution in [2.24, 2.45) is 0 Å². The van der Waals surface area contributed by atoms with E-state index in [4.69, 9.17) is 9.47 Å². The minimum Gasteiger partial charge on any atom is -0.497 e. The number of benzene rings is 1. The average molecular weight is 363 g/mol. The van der Waals surface area contributed by atoms with E-state index in [1.54, 1.807) is 23.6 Å². The third kappa shape index (κ3) is 4.93. The van der Waals surface area contributed by atoms with Crippen LogP contribution in [0.2, 0.25) is 0 Å². The average Bonchev–Trinajstić information content (AvgIpc) is 3.09. The highest BCUT2D eigenvalue weighted by Gasteiger charge is 2.15. The summed E-state index contributed by atoms with van der Waals surface area (Å²) in [6.07, 6.45) is 0.830. The van der Waals surface area contributed by atoms with Crippen molar-refractivity contribution in [3.63, 3.8) is 0 Å². The Kier molecular flexibility index (Phi) is 6.35. The first-order chi connectivity index (χ1) is 12.0. The smallest absolute Gasteiger partial charge is 0.271 e. The molecule has 0 spiro atoms. The number of ether oxygens (including phenoxy) is 2. The molecule has 0 saturated heterocycles. The quantitative estimate of drug-likeness (QED) is 0.789. The van der Waals surface area contributed by atoms with E-state index in [0.717, 1.165) is 6.42 Å². The minimum absolute atomic E-state index is 0.0662. The van der Waals surface area contributed by atoms with E-state index in [-0.39, 0.29) is 23.6 Å². The Labute approximate surface area is 150 Å². The number of rotatable bonds is 7. The number of hydrogen-bond acceptors (Lipinski definition) is 6. The molecule has 0 bridgehead atoms. The Morgan fingerprint density at radius 3 is 2.36 bits per heavy atom. The van der Waals surface area contributed by atoms with Gasteiger partial charge in [-0.1, -0.05) is 6.92 Å². The van der Waals surface area contributed by atoms with Crippen LogP contribution in [-0.4, -0.2) is 37.1 Å². The summed E-state index contributed by atoms with van der Waals surface area (Å²) in [5, 5.41) is 7.47. The molecule has 2 rings (SSSR count). The molecule has 1 unspecified atom stereocenters. The number of nitrogens with one attached hydrogen (secondary N) is 2. The fourth-order valence-electron chi connectivity index (χ4n) is 1.94. The number of amides is 2. The van der Waals surface area contributed by atoms with Crippen LogP contribution >= 0.6 is 11.3 Å². The van der Waals surface area contributed by atoms with Gasteiger partial charge in [0.15, 0.2) is 5.13 Å². The minimum atomic E-state index is -0.361. The lowest BCUT2D eigenvalue weighted by Gasteiger charge is -2.09. The Hall–Kier alpha value is -2.61. The van der Waals surface area contributed by atoms with Crippen LogP contribution in [0.3, 0.4) is 0 Å². The zero-order valence-corrected chi connectivity index (χ0v) is 15.4. The fourth-order valence-corrected chi connectivity index (χ4v) is 2.63. The van der Waals surface area contributed by atoms with E-state index in [1.165, 1.54) is 25.6 Å². The zero-order valence-electron chi connectivity index (χ0n) is 14.6. The lowest BCUT2D eigenvalue weighted by atomic mass is 10.2. The molecule has 0 saturated carbocycles. The highest BCUT2D eigenvalue weighted by atomic mass is 32.1. The van der Waals surface area contributed by atoms with E-state index >= 15 is 0 Å². The molecule has 1 heterocycles. The molecular weight excluding hydrogens is 342 g/mol. The number of hydrogen-bond donors (Lipinski definition) is 2.